The molecule has 4 rings (SSSR count). The molecule has 0 amide bonds. The first kappa shape index (κ1) is 14.5. The SMILES string of the molecule is Cc1nnc2sc(-c3ccc(Cn4cc([N+](=O)[O-])cn4)cc3)nn12. The molecule has 0 saturated carbocycles. The first-order valence-corrected chi connectivity index (χ1v) is 7.87. The second-order valence-electron chi connectivity index (χ2n) is 5.20. The van der Waals surface area contributed by atoms with Crippen LogP contribution in [0, 0.1) is 17.0 Å². The van der Waals surface area contributed by atoms with E-state index < -0.39 is 4.92 Å². The van der Waals surface area contributed by atoms with Crippen molar-refractivity contribution in [2.75, 3.05) is 0 Å². The van der Waals surface area contributed by atoms with Crippen molar-refractivity contribution in [3.05, 3.63) is 58.2 Å². The Morgan fingerprint density at radius 1 is 1.25 bits per heavy atom. The zero-order valence-corrected chi connectivity index (χ0v) is 13.3. The second kappa shape index (κ2) is 5.49. The molecule has 0 aliphatic rings. The molecule has 0 fully saturated rings. The summed E-state index contributed by atoms with van der Waals surface area (Å²) in [5.41, 5.74) is 1.97. The number of rotatable bonds is 4. The number of aromatic nitrogens is 6. The van der Waals surface area contributed by atoms with E-state index >= 15 is 0 Å². The first-order chi connectivity index (χ1) is 11.6. The molecule has 3 heterocycles. The molecule has 9 nitrogen and oxygen atoms in total. The fourth-order valence-electron chi connectivity index (χ4n) is 2.30. The molecule has 0 radical (unpaired) electrons. The highest BCUT2D eigenvalue weighted by atomic mass is 32.1. The van der Waals surface area contributed by atoms with Gasteiger partial charge in [0.15, 0.2) is 5.82 Å². The fraction of sp³-hybridized carbons (Fsp3) is 0.143. The van der Waals surface area contributed by atoms with Gasteiger partial charge in [0.1, 0.15) is 17.4 Å². The van der Waals surface area contributed by atoms with Crippen molar-refractivity contribution < 1.29 is 4.92 Å². The van der Waals surface area contributed by atoms with Crippen LogP contribution in [0.15, 0.2) is 36.7 Å². The van der Waals surface area contributed by atoms with Gasteiger partial charge >= 0.3 is 5.69 Å². The second-order valence-corrected chi connectivity index (χ2v) is 6.15. The molecule has 1 aromatic carbocycles. The number of hydrogen-bond donors (Lipinski definition) is 0. The highest BCUT2D eigenvalue weighted by molar-refractivity contribution is 7.19. The lowest BCUT2D eigenvalue weighted by Crippen LogP contribution is -1.99. The molecule has 0 unspecified atom stereocenters. The smallest absolute Gasteiger partial charge is 0.261 e. The minimum atomic E-state index is -0.456. The topological polar surface area (TPSA) is 104 Å². The van der Waals surface area contributed by atoms with Crippen molar-refractivity contribution in [2.24, 2.45) is 0 Å². The molecule has 24 heavy (non-hydrogen) atoms. The van der Waals surface area contributed by atoms with Gasteiger partial charge in [-0.1, -0.05) is 35.6 Å². The summed E-state index contributed by atoms with van der Waals surface area (Å²) >= 11 is 1.47. The lowest BCUT2D eigenvalue weighted by molar-refractivity contribution is -0.385. The van der Waals surface area contributed by atoms with Crippen LogP contribution in [0.3, 0.4) is 0 Å². The number of aryl methyl sites for hydroxylation is 1. The molecule has 120 valence electrons. The van der Waals surface area contributed by atoms with E-state index in [4.69, 9.17) is 0 Å². The third-order valence-corrected chi connectivity index (χ3v) is 4.47. The number of fused-ring (bicyclic) bond motifs is 1. The summed E-state index contributed by atoms with van der Waals surface area (Å²) in [6, 6.07) is 7.85. The summed E-state index contributed by atoms with van der Waals surface area (Å²) in [4.78, 5) is 11.0. The first-order valence-electron chi connectivity index (χ1n) is 7.05. The Bertz CT molecular complexity index is 1030. The Hall–Kier alpha value is -3.14. The van der Waals surface area contributed by atoms with Gasteiger partial charge in [0.05, 0.1) is 11.5 Å². The summed E-state index contributed by atoms with van der Waals surface area (Å²) in [5.74, 6) is 0.754. The predicted molar refractivity (Wildman–Crippen MR) is 86.8 cm³/mol. The molecule has 10 heteroatoms. The van der Waals surface area contributed by atoms with Gasteiger partial charge in [0, 0.05) is 5.56 Å². The molecule has 0 atom stereocenters. The number of nitro groups is 1. The zero-order chi connectivity index (χ0) is 16.7. The average molecular weight is 341 g/mol. The summed E-state index contributed by atoms with van der Waals surface area (Å²) in [7, 11) is 0. The van der Waals surface area contributed by atoms with Crippen LogP contribution in [0.1, 0.15) is 11.4 Å². The van der Waals surface area contributed by atoms with E-state index in [1.807, 2.05) is 31.2 Å². The van der Waals surface area contributed by atoms with Gasteiger partial charge in [-0.15, -0.1) is 10.2 Å². The Morgan fingerprint density at radius 3 is 2.71 bits per heavy atom. The van der Waals surface area contributed by atoms with Crippen LogP contribution in [-0.2, 0) is 6.54 Å². The van der Waals surface area contributed by atoms with E-state index in [9.17, 15) is 10.1 Å². The van der Waals surface area contributed by atoms with Gasteiger partial charge in [0.25, 0.3) is 0 Å². The third kappa shape index (κ3) is 2.52. The maximum atomic E-state index is 10.7. The highest BCUT2D eigenvalue weighted by Crippen LogP contribution is 2.25. The predicted octanol–water partition coefficient (Wildman–Crippen LogP) is 2.31. The third-order valence-electron chi connectivity index (χ3n) is 3.52. The molecule has 0 spiro atoms. The van der Waals surface area contributed by atoms with E-state index in [1.54, 1.807) is 9.20 Å². The Balaban J connectivity index is 1.56. The maximum absolute atomic E-state index is 10.7. The lowest BCUT2D eigenvalue weighted by atomic mass is 10.1. The van der Waals surface area contributed by atoms with E-state index in [1.165, 1.54) is 23.7 Å². The van der Waals surface area contributed by atoms with Gasteiger partial charge in [-0.3, -0.25) is 14.8 Å². The van der Waals surface area contributed by atoms with Crippen LogP contribution in [0.25, 0.3) is 15.5 Å². The Kier molecular flexibility index (Phi) is 3.31. The fourth-order valence-corrected chi connectivity index (χ4v) is 3.20. The van der Waals surface area contributed by atoms with Crippen molar-refractivity contribution in [1.29, 1.82) is 0 Å². The number of benzene rings is 1. The Morgan fingerprint density at radius 2 is 2.04 bits per heavy atom. The molecular formula is C14H11N7O2S. The Labute approximate surface area is 139 Å². The van der Waals surface area contributed by atoms with Crippen molar-refractivity contribution in [3.63, 3.8) is 0 Å². The van der Waals surface area contributed by atoms with E-state index in [-0.39, 0.29) is 5.69 Å². The van der Waals surface area contributed by atoms with Gasteiger partial charge in [-0.25, -0.2) is 0 Å². The standard InChI is InChI=1S/C14H11N7O2S/c1-9-16-17-14-20(9)18-13(24-14)11-4-2-10(3-5-11)7-19-8-12(6-15-19)21(22)23/h2-6,8H,7H2,1H3. The highest BCUT2D eigenvalue weighted by Gasteiger charge is 2.11. The molecule has 0 bridgehead atoms. The van der Waals surface area contributed by atoms with Gasteiger partial charge in [-0.2, -0.15) is 14.7 Å². The van der Waals surface area contributed by atoms with Crippen molar-refractivity contribution in [2.45, 2.75) is 13.5 Å². The maximum Gasteiger partial charge on any atom is 0.307 e. The van der Waals surface area contributed by atoms with Crippen LogP contribution >= 0.6 is 11.3 Å². The van der Waals surface area contributed by atoms with Crippen molar-refractivity contribution >= 4 is 22.0 Å². The average Bonchev–Trinajstić information content (AvgIpc) is 3.26. The van der Waals surface area contributed by atoms with Crippen LogP contribution in [0.2, 0.25) is 0 Å². The lowest BCUT2D eigenvalue weighted by Gasteiger charge is -2.02. The molecule has 3 aromatic heterocycles. The summed E-state index contributed by atoms with van der Waals surface area (Å²) in [6.07, 6.45) is 2.66. The molecule has 0 aliphatic heterocycles. The van der Waals surface area contributed by atoms with E-state index in [0.717, 1.165) is 26.9 Å². The summed E-state index contributed by atoms with van der Waals surface area (Å²) < 4.78 is 3.26. The number of nitrogens with zero attached hydrogens (tertiary/aromatic N) is 7. The van der Waals surface area contributed by atoms with Crippen LogP contribution < -0.4 is 0 Å². The normalized spacial score (nSPS) is 11.2. The van der Waals surface area contributed by atoms with Crippen LogP contribution in [-0.4, -0.2) is 34.5 Å². The quantitative estimate of drug-likeness (QED) is 0.417. The minimum Gasteiger partial charge on any atom is -0.261 e. The molecule has 0 N–H and O–H groups in total. The van der Waals surface area contributed by atoms with E-state index in [2.05, 4.69) is 20.4 Å². The van der Waals surface area contributed by atoms with Gasteiger partial charge in [0.2, 0.25) is 4.96 Å². The van der Waals surface area contributed by atoms with Crippen molar-refractivity contribution in [3.8, 4) is 10.6 Å². The molecule has 4 aromatic rings. The zero-order valence-electron chi connectivity index (χ0n) is 12.5. The van der Waals surface area contributed by atoms with Crippen LogP contribution in [0.4, 0.5) is 5.69 Å². The summed E-state index contributed by atoms with van der Waals surface area (Å²) in [5, 5.41) is 28.1. The van der Waals surface area contributed by atoms with Gasteiger partial charge < -0.3 is 0 Å². The molecular weight excluding hydrogens is 330 g/mol. The van der Waals surface area contributed by atoms with Crippen molar-refractivity contribution in [1.82, 2.24) is 29.6 Å². The minimum absolute atomic E-state index is 0.0123. The monoisotopic (exact) mass is 341 g/mol. The summed E-state index contributed by atoms with van der Waals surface area (Å²) in [6.45, 7) is 2.33. The molecule has 0 saturated heterocycles. The molecule has 0 aliphatic carbocycles. The van der Waals surface area contributed by atoms with E-state index in [0.29, 0.717) is 6.54 Å². The van der Waals surface area contributed by atoms with Gasteiger partial charge in [-0.05, 0) is 12.5 Å². The van der Waals surface area contributed by atoms with Crippen LogP contribution in [0.5, 0.6) is 0 Å². The number of hydrogen-bond acceptors (Lipinski definition) is 7. The largest absolute Gasteiger partial charge is 0.307 e.